The van der Waals surface area contributed by atoms with Gasteiger partial charge in [0, 0.05) is 12.2 Å². The van der Waals surface area contributed by atoms with Crippen molar-refractivity contribution in [2.75, 3.05) is 11.9 Å². The summed E-state index contributed by atoms with van der Waals surface area (Å²) in [4.78, 5) is 9.37. The average Bonchev–Trinajstić information content (AvgIpc) is 3.53. The Balaban J connectivity index is 1.52. The minimum atomic E-state index is 0.162. The van der Waals surface area contributed by atoms with Crippen molar-refractivity contribution in [3.05, 3.63) is 30.5 Å². The number of hydrogen-bond acceptors (Lipinski definition) is 5. The Morgan fingerprint density at radius 2 is 1.76 bits per heavy atom. The van der Waals surface area contributed by atoms with Crippen LogP contribution in [0.15, 0.2) is 30.5 Å². The molecule has 2 aliphatic rings. The van der Waals surface area contributed by atoms with E-state index in [9.17, 15) is 0 Å². The average molecular weight is 396 g/mol. The van der Waals surface area contributed by atoms with Gasteiger partial charge in [-0.05, 0) is 81.9 Å². The zero-order chi connectivity index (χ0) is 20.2. The third kappa shape index (κ3) is 5.62. The van der Waals surface area contributed by atoms with Crippen molar-refractivity contribution in [2.45, 2.75) is 71.4 Å². The fraction of sp³-hybridized carbons (Fsp3) is 0.583. The van der Waals surface area contributed by atoms with Crippen LogP contribution in [-0.4, -0.2) is 28.7 Å². The van der Waals surface area contributed by atoms with Crippen LogP contribution >= 0.6 is 0 Å². The van der Waals surface area contributed by atoms with Gasteiger partial charge in [-0.25, -0.2) is 4.98 Å². The summed E-state index contributed by atoms with van der Waals surface area (Å²) in [6.07, 6.45) is 9.47. The molecule has 1 aromatic carbocycles. The van der Waals surface area contributed by atoms with Crippen molar-refractivity contribution >= 4 is 5.95 Å². The Morgan fingerprint density at radius 3 is 2.41 bits per heavy atom. The van der Waals surface area contributed by atoms with Crippen LogP contribution in [0.1, 0.15) is 59.3 Å². The fourth-order valence-corrected chi connectivity index (χ4v) is 3.80. The van der Waals surface area contributed by atoms with Crippen molar-refractivity contribution in [1.29, 1.82) is 0 Å². The van der Waals surface area contributed by atoms with Gasteiger partial charge in [0.15, 0.2) is 0 Å². The number of aromatic nitrogens is 2. The lowest BCUT2D eigenvalue weighted by Crippen LogP contribution is -2.26. The molecule has 2 fully saturated rings. The topological polar surface area (TPSA) is 56.3 Å². The van der Waals surface area contributed by atoms with E-state index in [1.165, 1.54) is 38.5 Å². The van der Waals surface area contributed by atoms with Gasteiger partial charge in [-0.3, -0.25) is 0 Å². The van der Waals surface area contributed by atoms with Crippen LogP contribution in [0.3, 0.4) is 0 Å². The van der Waals surface area contributed by atoms with Gasteiger partial charge in [0.2, 0.25) is 11.8 Å². The molecule has 0 radical (unpaired) electrons. The first-order valence-electron chi connectivity index (χ1n) is 11.1. The molecule has 2 aliphatic carbocycles. The Labute approximate surface area is 174 Å². The molecule has 0 aliphatic heterocycles. The molecule has 5 nitrogen and oxygen atoms in total. The Kier molecular flexibility index (Phi) is 6.22. The standard InChI is InChI=1S/C24H33N3O2/c1-16(2)29-21-12-8-19(9-13-21)22-14-25-24(26-20-10-4-17(3)5-11-20)27-23(22)28-15-18-6-7-18/h8-9,12-14,16-18,20H,4-7,10-11,15H2,1-3H3,(H,25,26,27)/t17-,20-. The van der Waals surface area contributed by atoms with Crippen molar-refractivity contribution < 1.29 is 9.47 Å². The lowest BCUT2D eigenvalue weighted by atomic mass is 9.87. The quantitative estimate of drug-likeness (QED) is 0.620. The molecule has 0 saturated heterocycles. The summed E-state index contributed by atoms with van der Waals surface area (Å²) in [5, 5.41) is 3.53. The Hall–Kier alpha value is -2.30. The smallest absolute Gasteiger partial charge is 0.226 e. The molecule has 0 atom stereocenters. The predicted molar refractivity (Wildman–Crippen MR) is 116 cm³/mol. The van der Waals surface area contributed by atoms with Gasteiger partial charge in [-0.15, -0.1) is 0 Å². The van der Waals surface area contributed by atoms with Crippen LogP contribution < -0.4 is 14.8 Å². The largest absolute Gasteiger partial charge is 0.491 e. The maximum Gasteiger partial charge on any atom is 0.226 e. The van der Waals surface area contributed by atoms with E-state index in [4.69, 9.17) is 14.5 Å². The molecule has 0 unspecified atom stereocenters. The molecule has 0 bridgehead atoms. The normalized spacial score (nSPS) is 21.8. The molecule has 1 N–H and O–H groups in total. The van der Waals surface area contributed by atoms with E-state index in [1.807, 2.05) is 32.2 Å². The zero-order valence-electron chi connectivity index (χ0n) is 17.9. The summed E-state index contributed by atoms with van der Waals surface area (Å²) >= 11 is 0. The molecule has 5 heteroatoms. The molecule has 1 heterocycles. The van der Waals surface area contributed by atoms with Gasteiger partial charge >= 0.3 is 0 Å². The second-order valence-corrected chi connectivity index (χ2v) is 8.96. The highest BCUT2D eigenvalue weighted by atomic mass is 16.5. The van der Waals surface area contributed by atoms with E-state index in [1.54, 1.807) is 0 Å². The van der Waals surface area contributed by atoms with E-state index in [2.05, 4.69) is 29.4 Å². The number of hydrogen-bond donors (Lipinski definition) is 1. The first-order chi connectivity index (χ1) is 14.1. The molecule has 0 spiro atoms. The molecular formula is C24H33N3O2. The highest BCUT2D eigenvalue weighted by Gasteiger charge is 2.24. The highest BCUT2D eigenvalue weighted by molar-refractivity contribution is 5.69. The van der Waals surface area contributed by atoms with Crippen molar-refractivity contribution in [1.82, 2.24) is 9.97 Å². The number of nitrogens with zero attached hydrogens (tertiary/aromatic N) is 2. The first kappa shape index (κ1) is 20.0. The van der Waals surface area contributed by atoms with Gasteiger partial charge in [0.05, 0.1) is 18.3 Å². The van der Waals surface area contributed by atoms with Crippen LogP contribution in [0.2, 0.25) is 0 Å². The maximum atomic E-state index is 6.13. The number of rotatable bonds is 8. The predicted octanol–water partition coefficient (Wildman–Crippen LogP) is 5.71. The van der Waals surface area contributed by atoms with Crippen LogP contribution in [0.25, 0.3) is 11.1 Å². The first-order valence-corrected chi connectivity index (χ1v) is 11.1. The summed E-state index contributed by atoms with van der Waals surface area (Å²) in [6, 6.07) is 8.55. The van der Waals surface area contributed by atoms with E-state index in [-0.39, 0.29) is 6.10 Å². The summed E-state index contributed by atoms with van der Waals surface area (Å²) in [6.45, 7) is 7.14. The van der Waals surface area contributed by atoms with E-state index < -0.39 is 0 Å². The number of nitrogens with one attached hydrogen (secondary N) is 1. The van der Waals surface area contributed by atoms with Gasteiger partial charge < -0.3 is 14.8 Å². The summed E-state index contributed by atoms with van der Waals surface area (Å²) in [5.41, 5.74) is 1.98. The van der Waals surface area contributed by atoms with Gasteiger partial charge in [-0.1, -0.05) is 19.1 Å². The zero-order valence-corrected chi connectivity index (χ0v) is 17.9. The minimum absolute atomic E-state index is 0.162. The second-order valence-electron chi connectivity index (χ2n) is 8.96. The molecule has 29 heavy (non-hydrogen) atoms. The SMILES string of the molecule is CC(C)Oc1ccc(-c2cnc(N[C@H]3CC[C@H](C)CC3)nc2OCC2CC2)cc1. The van der Waals surface area contributed by atoms with Crippen LogP contribution in [0.4, 0.5) is 5.95 Å². The Bertz CT molecular complexity index is 794. The highest BCUT2D eigenvalue weighted by Crippen LogP contribution is 2.34. The van der Waals surface area contributed by atoms with Crippen LogP contribution in [0.5, 0.6) is 11.6 Å². The molecule has 2 aromatic rings. The van der Waals surface area contributed by atoms with Gasteiger partial charge in [0.25, 0.3) is 0 Å². The molecule has 1 aromatic heterocycles. The molecule has 0 amide bonds. The lowest BCUT2D eigenvalue weighted by molar-refractivity contribution is 0.242. The van der Waals surface area contributed by atoms with E-state index in [0.29, 0.717) is 23.8 Å². The monoisotopic (exact) mass is 395 g/mol. The van der Waals surface area contributed by atoms with E-state index >= 15 is 0 Å². The number of anilines is 1. The molecule has 2 saturated carbocycles. The van der Waals surface area contributed by atoms with Crippen molar-refractivity contribution in [3.63, 3.8) is 0 Å². The third-order valence-corrected chi connectivity index (χ3v) is 5.79. The number of benzene rings is 1. The fourth-order valence-electron chi connectivity index (χ4n) is 3.80. The van der Waals surface area contributed by atoms with Crippen LogP contribution in [0, 0.1) is 11.8 Å². The summed E-state index contributed by atoms with van der Waals surface area (Å²) < 4.78 is 11.9. The second kappa shape index (κ2) is 9.02. The summed E-state index contributed by atoms with van der Waals surface area (Å²) in [7, 11) is 0. The minimum Gasteiger partial charge on any atom is -0.491 e. The summed E-state index contributed by atoms with van der Waals surface area (Å²) in [5.74, 6) is 3.73. The maximum absolute atomic E-state index is 6.13. The van der Waals surface area contributed by atoms with Crippen LogP contribution in [-0.2, 0) is 0 Å². The molecule has 156 valence electrons. The van der Waals surface area contributed by atoms with Gasteiger partial charge in [0.1, 0.15) is 5.75 Å². The van der Waals surface area contributed by atoms with E-state index in [0.717, 1.165) is 29.4 Å². The lowest BCUT2D eigenvalue weighted by Gasteiger charge is -2.27. The third-order valence-electron chi connectivity index (χ3n) is 5.79. The van der Waals surface area contributed by atoms with Crippen molar-refractivity contribution in [2.24, 2.45) is 11.8 Å². The van der Waals surface area contributed by atoms with Gasteiger partial charge in [-0.2, -0.15) is 4.98 Å². The Morgan fingerprint density at radius 1 is 1.03 bits per heavy atom. The molecular weight excluding hydrogens is 362 g/mol. The van der Waals surface area contributed by atoms with Crippen molar-refractivity contribution in [3.8, 4) is 22.8 Å². The number of ether oxygens (including phenoxy) is 2. The molecule has 4 rings (SSSR count).